The van der Waals surface area contributed by atoms with E-state index in [0.29, 0.717) is 17.9 Å². The van der Waals surface area contributed by atoms with E-state index in [4.69, 9.17) is 10.00 Å². The summed E-state index contributed by atoms with van der Waals surface area (Å²) in [6.07, 6.45) is 1.65. The SMILES string of the molecule is CCC(C)C(C)C(Cc1cccc(C#N)c1)C(=O)OC. The quantitative estimate of drug-likeness (QED) is 0.744. The number of rotatable bonds is 6. The van der Waals surface area contributed by atoms with Crippen molar-refractivity contribution in [1.29, 1.82) is 5.26 Å². The Morgan fingerprint density at radius 1 is 1.40 bits per heavy atom. The number of methoxy groups -OCH3 is 1. The highest BCUT2D eigenvalue weighted by atomic mass is 16.5. The van der Waals surface area contributed by atoms with Crippen LogP contribution in [0.15, 0.2) is 24.3 Å². The van der Waals surface area contributed by atoms with Crippen LogP contribution in [0.4, 0.5) is 0 Å². The van der Waals surface area contributed by atoms with E-state index >= 15 is 0 Å². The Labute approximate surface area is 121 Å². The lowest BCUT2D eigenvalue weighted by Crippen LogP contribution is -2.29. The largest absolute Gasteiger partial charge is 0.469 e. The summed E-state index contributed by atoms with van der Waals surface area (Å²) in [6.45, 7) is 6.39. The Morgan fingerprint density at radius 3 is 2.65 bits per heavy atom. The fraction of sp³-hybridized carbons (Fsp3) is 0.529. The minimum absolute atomic E-state index is 0.163. The topological polar surface area (TPSA) is 50.1 Å². The molecule has 0 saturated carbocycles. The third-order valence-electron chi connectivity index (χ3n) is 4.19. The molecule has 0 amide bonds. The lowest BCUT2D eigenvalue weighted by molar-refractivity contribution is -0.147. The summed E-state index contributed by atoms with van der Waals surface area (Å²) in [6, 6.07) is 9.57. The first-order chi connectivity index (χ1) is 9.53. The summed E-state index contributed by atoms with van der Waals surface area (Å²) in [5.74, 6) is 0.375. The number of carbonyl (C=O) groups is 1. The average Bonchev–Trinajstić information content (AvgIpc) is 2.50. The van der Waals surface area contributed by atoms with Crippen molar-refractivity contribution in [3.05, 3.63) is 35.4 Å². The Kier molecular flexibility index (Phi) is 6.24. The van der Waals surface area contributed by atoms with Crippen molar-refractivity contribution in [2.75, 3.05) is 7.11 Å². The highest BCUT2D eigenvalue weighted by molar-refractivity contribution is 5.73. The third kappa shape index (κ3) is 4.09. The van der Waals surface area contributed by atoms with Gasteiger partial charge in [-0.25, -0.2) is 0 Å². The third-order valence-corrected chi connectivity index (χ3v) is 4.19. The molecule has 20 heavy (non-hydrogen) atoms. The maximum Gasteiger partial charge on any atom is 0.309 e. The second kappa shape index (κ2) is 7.69. The van der Waals surface area contributed by atoms with Gasteiger partial charge in [-0.2, -0.15) is 5.26 Å². The monoisotopic (exact) mass is 273 g/mol. The van der Waals surface area contributed by atoms with Gasteiger partial charge in [-0.05, 0) is 36.0 Å². The predicted octanol–water partition coefficient (Wildman–Crippen LogP) is 3.57. The molecule has 0 aliphatic rings. The van der Waals surface area contributed by atoms with Gasteiger partial charge in [0, 0.05) is 0 Å². The molecule has 0 aliphatic carbocycles. The van der Waals surface area contributed by atoms with E-state index in [2.05, 4.69) is 26.8 Å². The molecule has 0 aliphatic heterocycles. The Bertz CT molecular complexity index is 490. The van der Waals surface area contributed by atoms with Gasteiger partial charge in [-0.1, -0.05) is 39.3 Å². The summed E-state index contributed by atoms with van der Waals surface area (Å²) < 4.78 is 4.95. The zero-order chi connectivity index (χ0) is 15.1. The van der Waals surface area contributed by atoms with Crippen LogP contribution in [0.2, 0.25) is 0 Å². The summed E-state index contributed by atoms with van der Waals surface area (Å²) in [5.41, 5.74) is 1.64. The molecule has 3 nitrogen and oxygen atoms in total. The average molecular weight is 273 g/mol. The molecule has 0 spiro atoms. The highest BCUT2D eigenvalue weighted by Gasteiger charge is 2.29. The number of hydrogen-bond donors (Lipinski definition) is 0. The van der Waals surface area contributed by atoms with Gasteiger partial charge in [-0.3, -0.25) is 4.79 Å². The molecular formula is C17H23NO2. The van der Waals surface area contributed by atoms with Crippen LogP contribution in [0.1, 0.15) is 38.3 Å². The molecule has 1 rings (SSSR count). The van der Waals surface area contributed by atoms with Gasteiger partial charge in [0.05, 0.1) is 24.7 Å². The normalized spacial score (nSPS) is 14.9. The van der Waals surface area contributed by atoms with Gasteiger partial charge in [0.25, 0.3) is 0 Å². The molecule has 3 unspecified atom stereocenters. The van der Waals surface area contributed by atoms with Gasteiger partial charge in [0.1, 0.15) is 0 Å². The predicted molar refractivity (Wildman–Crippen MR) is 79.0 cm³/mol. The van der Waals surface area contributed by atoms with Crippen LogP contribution < -0.4 is 0 Å². The number of ether oxygens (including phenoxy) is 1. The van der Waals surface area contributed by atoms with Crippen LogP contribution in [0.25, 0.3) is 0 Å². The van der Waals surface area contributed by atoms with E-state index in [0.717, 1.165) is 12.0 Å². The molecule has 108 valence electrons. The minimum Gasteiger partial charge on any atom is -0.469 e. The van der Waals surface area contributed by atoms with E-state index in [-0.39, 0.29) is 17.8 Å². The Hall–Kier alpha value is -1.82. The molecule has 0 heterocycles. The molecule has 0 radical (unpaired) electrons. The maximum absolute atomic E-state index is 12.0. The van der Waals surface area contributed by atoms with Crippen LogP contribution in [-0.2, 0) is 16.0 Å². The van der Waals surface area contributed by atoms with Gasteiger partial charge < -0.3 is 4.74 Å². The second-order valence-corrected chi connectivity index (χ2v) is 5.39. The van der Waals surface area contributed by atoms with E-state index in [9.17, 15) is 4.79 Å². The van der Waals surface area contributed by atoms with Crippen molar-refractivity contribution in [1.82, 2.24) is 0 Å². The molecule has 0 aromatic heterocycles. The zero-order valence-corrected chi connectivity index (χ0v) is 12.7. The molecule has 3 atom stereocenters. The van der Waals surface area contributed by atoms with E-state index in [1.165, 1.54) is 7.11 Å². The summed E-state index contributed by atoms with van der Waals surface area (Å²) in [5, 5.41) is 8.95. The molecule has 0 saturated heterocycles. The Morgan fingerprint density at radius 2 is 2.10 bits per heavy atom. The summed E-state index contributed by atoms with van der Waals surface area (Å²) in [4.78, 5) is 12.0. The number of nitrogens with zero attached hydrogens (tertiary/aromatic N) is 1. The summed E-state index contributed by atoms with van der Waals surface area (Å²) in [7, 11) is 1.43. The van der Waals surface area contributed by atoms with Crippen molar-refractivity contribution in [3.63, 3.8) is 0 Å². The van der Waals surface area contributed by atoms with Crippen molar-refractivity contribution >= 4 is 5.97 Å². The molecular weight excluding hydrogens is 250 g/mol. The fourth-order valence-corrected chi connectivity index (χ4v) is 2.43. The smallest absolute Gasteiger partial charge is 0.309 e. The van der Waals surface area contributed by atoms with Crippen molar-refractivity contribution < 1.29 is 9.53 Å². The van der Waals surface area contributed by atoms with E-state index < -0.39 is 0 Å². The van der Waals surface area contributed by atoms with E-state index in [1.54, 1.807) is 6.07 Å². The summed E-state index contributed by atoms with van der Waals surface area (Å²) >= 11 is 0. The van der Waals surface area contributed by atoms with Crippen LogP contribution in [-0.4, -0.2) is 13.1 Å². The molecule has 0 fully saturated rings. The number of nitriles is 1. The first-order valence-corrected chi connectivity index (χ1v) is 7.10. The first kappa shape index (κ1) is 16.2. The standard InChI is InChI=1S/C17H23NO2/c1-5-12(2)13(3)16(17(19)20-4)10-14-7-6-8-15(9-14)11-18/h6-9,12-13,16H,5,10H2,1-4H3. The van der Waals surface area contributed by atoms with Crippen molar-refractivity contribution in [3.8, 4) is 6.07 Å². The molecule has 0 bridgehead atoms. The minimum atomic E-state index is -0.167. The first-order valence-electron chi connectivity index (χ1n) is 7.10. The highest BCUT2D eigenvalue weighted by Crippen LogP contribution is 2.27. The molecule has 1 aromatic rings. The molecule has 0 N–H and O–H groups in total. The van der Waals surface area contributed by atoms with Crippen LogP contribution in [0.5, 0.6) is 0 Å². The number of carbonyl (C=O) groups excluding carboxylic acids is 1. The van der Waals surface area contributed by atoms with Gasteiger partial charge >= 0.3 is 5.97 Å². The van der Waals surface area contributed by atoms with Gasteiger partial charge in [0.15, 0.2) is 0 Å². The molecule has 1 aromatic carbocycles. The lowest BCUT2D eigenvalue weighted by Gasteiger charge is -2.26. The van der Waals surface area contributed by atoms with Crippen molar-refractivity contribution in [2.45, 2.75) is 33.6 Å². The molecule has 3 heteroatoms. The van der Waals surface area contributed by atoms with Crippen molar-refractivity contribution in [2.24, 2.45) is 17.8 Å². The van der Waals surface area contributed by atoms with Gasteiger partial charge in [0.2, 0.25) is 0 Å². The fourth-order valence-electron chi connectivity index (χ4n) is 2.43. The van der Waals surface area contributed by atoms with Crippen LogP contribution in [0.3, 0.4) is 0 Å². The number of benzene rings is 1. The van der Waals surface area contributed by atoms with Crippen LogP contribution in [0, 0.1) is 29.1 Å². The van der Waals surface area contributed by atoms with Gasteiger partial charge in [-0.15, -0.1) is 0 Å². The maximum atomic E-state index is 12.0. The van der Waals surface area contributed by atoms with E-state index in [1.807, 2.05) is 18.2 Å². The zero-order valence-electron chi connectivity index (χ0n) is 12.7. The van der Waals surface area contributed by atoms with Crippen LogP contribution >= 0.6 is 0 Å². The number of esters is 1. The second-order valence-electron chi connectivity index (χ2n) is 5.39. The lowest BCUT2D eigenvalue weighted by atomic mass is 9.79. The Balaban J connectivity index is 2.95. The number of hydrogen-bond acceptors (Lipinski definition) is 3.